The van der Waals surface area contributed by atoms with E-state index in [1.807, 2.05) is 19.3 Å². The van der Waals surface area contributed by atoms with Crippen molar-refractivity contribution in [2.45, 2.75) is 66.5 Å². The molecule has 0 saturated carbocycles. The van der Waals surface area contributed by atoms with E-state index >= 15 is 0 Å². The average Bonchev–Trinajstić information content (AvgIpc) is 2.98. The Hall–Kier alpha value is -0.830. The van der Waals surface area contributed by atoms with E-state index in [4.69, 9.17) is 4.74 Å². The molecular formula is C19H38IN5O. The van der Waals surface area contributed by atoms with Gasteiger partial charge in [0.2, 0.25) is 0 Å². The Morgan fingerprint density at radius 2 is 2.04 bits per heavy atom. The summed E-state index contributed by atoms with van der Waals surface area (Å²) in [6, 6.07) is 0. The highest BCUT2D eigenvalue weighted by atomic mass is 127. The van der Waals surface area contributed by atoms with Gasteiger partial charge in [-0.25, -0.2) is 4.98 Å². The predicted molar refractivity (Wildman–Crippen MR) is 120 cm³/mol. The van der Waals surface area contributed by atoms with Crippen LogP contribution in [0.4, 0.5) is 0 Å². The Bertz CT molecular complexity index is 490. The highest BCUT2D eigenvalue weighted by Crippen LogP contribution is 2.09. The summed E-state index contributed by atoms with van der Waals surface area (Å²) in [7, 11) is 0. The maximum Gasteiger partial charge on any atom is 0.191 e. The minimum Gasteiger partial charge on any atom is -0.378 e. The second-order valence-corrected chi connectivity index (χ2v) is 6.59. The van der Waals surface area contributed by atoms with Crippen molar-refractivity contribution in [3.05, 3.63) is 18.2 Å². The molecule has 0 bridgehead atoms. The topological polar surface area (TPSA) is 63.5 Å². The lowest BCUT2D eigenvalue weighted by atomic mass is 10.0. The molecule has 0 saturated heterocycles. The molecule has 0 amide bonds. The van der Waals surface area contributed by atoms with Crippen LogP contribution in [0.1, 0.15) is 52.8 Å². The van der Waals surface area contributed by atoms with Crippen LogP contribution in [0.5, 0.6) is 0 Å². The first-order chi connectivity index (χ1) is 12.1. The number of ether oxygens (including phenoxy) is 1. The van der Waals surface area contributed by atoms with Crippen molar-refractivity contribution in [2.75, 3.05) is 26.2 Å². The van der Waals surface area contributed by atoms with Gasteiger partial charge in [0.05, 0.1) is 6.10 Å². The molecule has 7 heteroatoms. The number of unbranched alkanes of at least 4 members (excludes halogenated alkanes) is 1. The van der Waals surface area contributed by atoms with E-state index in [1.54, 1.807) is 0 Å². The molecule has 1 aromatic rings. The van der Waals surface area contributed by atoms with Crippen LogP contribution < -0.4 is 10.6 Å². The first-order valence-electron chi connectivity index (χ1n) is 9.69. The summed E-state index contributed by atoms with van der Waals surface area (Å²) in [4.78, 5) is 8.92. The number of halogens is 1. The second-order valence-electron chi connectivity index (χ2n) is 6.59. The van der Waals surface area contributed by atoms with Crippen molar-refractivity contribution < 1.29 is 4.74 Å². The molecule has 1 atom stereocenters. The number of hydrogen-bond acceptors (Lipinski definition) is 3. The van der Waals surface area contributed by atoms with E-state index in [0.29, 0.717) is 12.0 Å². The molecule has 152 valence electrons. The first kappa shape index (κ1) is 25.2. The van der Waals surface area contributed by atoms with Crippen molar-refractivity contribution in [2.24, 2.45) is 10.9 Å². The molecule has 0 radical (unpaired) electrons. The van der Waals surface area contributed by atoms with Crippen LogP contribution in [-0.4, -0.2) is 47.9 Å². The smallest absolute Gasteiger partial charge is 0.191 e. The van der Waals surface area contributed by atoms with Crippen molar-refractivity contribution in [1.29, 1.82) is 0 Å². The summed E-state index contributed by atoms with van der Waals surface area (Å²) >= 11 is 0. The van der Waals surface area contributed by atoms with Crippen LogP contribution in [0.3, 0.4) is 0 Å². The standard InChI is InChI=1S/C19H37N5O.HI/c1-6-20-19(23-12-10-18(16(3)4)25-7-2)22-11-8-9-14-24-15-13-21-17(24)5;/h13,15-16,18H,6-12,14H2,1-5H3,(H2,20,22,23);1H. The second kappa shape index (κ2) is 15.2. The number of nitrogens with zero attached hydrogens (tertiary/aromatic N) is 3. The molecule has 1 rings (SSSR count). The Labute approximate surface area is 176 Å². The van der Waals surface area contributed by atoms with Crippen LogP contribution in [0.15, 0.2) is 17.4 Å². The van der Waals surface area contributed by atoms with Crippen LogP contribution in [0.2, 0.25) is 0 Å². The monoisotopic (exact) mass is 479 g/mol. The summed E-state index contributed by atoms with van der Waals surface area (Å²) < 4.78 is 7.98. The van der Waals surface area contributed by atoms with Gasteiger partial charge < -0.3 is 19.9 Å². The highest BCUT2D eigenvalue weighted by molar-refractivity contribution is 14.0. The summed E-state index contributed by atoms with van der Waals surface area (Å²) in [5.41, 5.74) is 0. The molecule has 0 aliphatic carbocycles. The Balaban J connectivity index is 0.00000625. The van der Waals surface area contributed by atoms with Gasteiger partial charge in [-0.2, -0.15) is 0 Å². The number of rotatable bonds is 12. The summed E-state index contributed by atoms with van der Waals surface area (Å²) in [6.45, 7) is 15.0. The van der Waals surface area contributed by atoms with Gasteiger partial charge in [0.25, 0.3) is 0 Å². The van der Waals surface area contributed by atoms with Gasteiger partial charge in [0.1, 0.15) is 5.82 Å². The van der Waals surface area contributed by atoms with Gasteiger partial charge in [-0.1, -0.05) is 13.8 Å². The van der Waals surface area contributed by atoms with E-state index in [-0.39, 0.29) is 24.0 Å². The number of aliphatic imine (C=N–C) groups is 1. The minimum atomic E-state index is 0. The largest absolute Gasteiger partial charge is 0.378 e. The molecule has 2 N–H and O–H groups in total. The Kier molecular flexibility index (Phi) is 14.8. The molecule has 0 spiro atoms. The number of guanidine groups is 1. The highest BCUT2D eigenvalue weighted by Gasteiger charge is 2.12. The zero-order valence-electron chi connectivity index (χ0n) is 17.1. The summed E-state index contributed by atoms with van der Waals surface area (Å²) in [6.07, 6.45) is 7.37. The Morgan fingerprint density at radius 3 is 2.62 bits per heavy atom. The van der Waals surface area contributed by atoms with Gasteiger partial charge in [-0.15, -0.1) is 24.0 Å². The van der Waals surface area contributed by atoms with Crippen molar-refractivity contribution in [1.82, 2.24) is 20.2 Å². The SMILES string of the molecule is CCNC(=NCCCCn1ccnc1C)NCCC(OCC)C(C)C.I. The van der Waals surface area contributed by atoms with Crippen LogP contribution in [-0.2, 0) is 11.3 Å². The zero-order chi connectivity index (χ0) is 18.5. The molecule has 0 fully saturated rings. The third-order valence-electron chi connectivity index (χ3n) is 4.19. The van der Waals surface area contributed by atoms with Crippen molar-refractivity contribution in [3.8, 4) is 0 Å². The maximum atomic E-state index is 5.80. The molecule has 1 unspecified atom stereocenters. The van der Waals surface area contributed by atoms with Gasteiger partial charge in [0.15, 0.2) is 5.96 Å². The van der Waals surface area contributed by atoms with E-state index in [9.17, 15) is 0 Å². The molecule has 0 aliphatic rings. The average molecular weight is 479 g/mol. The maximum absolute atomic E-state index is 5.80. The molecule has 0 aromatic carbocycles. The van der Waals surface area contributed by atoms with Crippen LogP contribution in [0.25, 0.3) is 0 Å². The molecule has 1 aromatic heterocycles. The molecule has 1 heterocycles. The Morgan fingerprint density at radius 1 is 1.27 bits per heavy atom. The molecule has 6 nitrogen and oxygen atoms in total. The quantitative estimate of drug-likeness (QED) is 0.208. The van der Waals surface area contributed by atoms with E-state index in [2.05, 4.69) is 52.9 Å². The number of hydrogen-bond donors (Lipinski definition) is 2. The first-order valence-corrected chi connectivity index (χ1v) is 9.69. The molecule has 26 heavy (non-hydrogen) atoms. The zero-order valence-corrected chi connectivity index (χ0v) is 19.5. The van der Waals surface area contributed by atoms with Crippen molar-refractivity contribution >= 4 is 29.9 Å². The fourth-order valence-corrected chi connectivity index (χ4v) is 2.72. The van der Waals surface area contributed by atoms with Crippen LogP contribution >= 0.6 is 24.0 Å². The van der Waals surface area contributed by atoms with E-state index < -0.39 is 0 Å². The lowest BCUT2D eigenvalue weighted by Crippen LogP contribution is -2.39. The van der Waals surface area contributed by atoms with Gasteiger partial charge in [0, 0.05) is 45.2 Å². The van der Waals surface area contributed by atoms with E-state index in [1.165, 1.54) is 0 Å². The van der Waals surface area contributed by atoms with Gasteiger partial charge >= 0.3 is 0 Å². The van der Waals surface area contributed by atoms with Gasteiger partial charge in [-0.05, 0) is 46.0 Å². The fourth-order valence-electron chi connectivity index (χ4n) is 2.72. The number of aryl methyl sites for hydroxylation is 2. The number of aromatic nitrogens is 2. The lowest BCUT2D eigenvalue weighted by Gasteiger charge is -2.21. The third kappa shape index (κ3) is 10.4. The normalized spacial score (nSPS) is 12.8. The third-order valence-corrected chi connectivity index (χ3v) is 4.19. The fraction of sp³-hybridized carbons (Fsp3) is 0.789. The summed E-state index contributed by atoms with van der Waals surface area (Å²) in [5, 5.41) is 6.74. The summed E-state index contributed by atoms with van der Waals surface area (Å²) in [5.74, 6) is 2.51. The molecular weight excluding hydrogens is 441 g/mol. The minimum absolute atomic E-state index is 0. The van der Waals surface area contributed by atoms with E-state index in [0.717, 1.165) is 63.8 Å². The number of imidazole rings is 1. The number of nitrogens with one attached hydrogen (secondary N) is 2. The van der Waals surface area contributed by atoms with Crippen LogP contribution in [0, 0.1) is 12.8 Å². The molecule has 0 aliphatic heterocycles. The van der Waals surface area contributed by atoms with Gasteiger partial charge in [-0.3, -0.25) is 4.99 Å². The lowest BCUT2D eigenvalue weighted by molar-refractivity contribution is 0.0258. The van der Waals surface area contributed by atoms with Crippen molar-refractivity contribution in [3.63, 3.8) is 0 Å². The predicted octanol–water partition coefficient (Wildman–Crippen LogP) is 3.60.